The van der Waals surface area contributed by atoms with Gasteiger partial charge in [-0.1, -0.05) is 17.9 Å². The SMILES string of the molecule is Cn1c(=O)n(C2CCC(=O)NC2=O)c2cccc(C#CCN3CCN(CC4CCC(n5cc(NC(=O)c6cnn7ccc(N8CC9(CCOC9)C8)nc67)c(C(F)F)n5)CC4)CC3)c21. The maximum absolute atomic E-state index is 14.3. The van der Waals surface area contributed by atoms with E-state index in [1.165, 1.54) is 19.8 Å². The van der Waals surface area contributed by atoms with Crippen LogP contribution >= 0.6 is 0 Å². The van der Waals surface area contributed by atoms with Crippen LogP contribution in [0.15, 0.2) is 47.7 Å². The molecule has 1 saturated carbocycles. The van der Waals surface area contributed by atoms with Crippen molar-refractivity contribution in [3.8, 4) is 11.8 Å². The maximum Gasteiger partial charge on any atom is 0.329 e. The predicted octanol–water partition coefficient (Wildman–Crippen LogP) is 3.37. The number of piperazine rings is 1. The van der Waals surface area contributed by atoms with Crippen molar-refractivity contribution in [3.05, 3.63) is 70.2 Å². The van der Waals surface area contributed by atoms with E-state index >= 15 is 0 Å². The first-order valence-electron chi connectivity index (χ1n) is 21.9. The lowest BCUT2D eigenvalue weighted by atomic mass is 9.79. The van der Waals surface area contributed by atoms with E-state index < -0.39 is 30.0 Å². The molecule has 19 heteroatoms. The third-order valence-electron chi connectivity index (χ3n) is 13.7. The van der Waals surface area contributed by atoms with Gasteiger partial charge in [-0.2, -0.15) is 10.2 Å². The second-order valence-electron chi connectivity index (χ2n) is 17.8. The standard InChI is InChI=1S/C44H50F2N12O5/c1-52-38-29(4-2-6-33(38)58(43(52)62)34-11-12-36(59)50-42(34)61)5-3-15-53-17-19-54(20-18-53)23-28-7-9-30(10-8-28)57-24-32(37(51-57)39(45)46)48-41(60)31-22-47-56-16-13-35(49-40(31)56)55-25-44(26-55)14-21-63-27-44/h2,4,6,13,16,22,24,28,30,34,39H,7-12,14-15,17-21,23,25-27H2,1H3,(H,48,60)(H,50,59,61). The molecule has 63 heavy (non-hydrogen) atoms. The first kappa shape index (κ1) is 41.1. The van der Waals surface area contributed by atoms with Crippen LogP contribution in [0.3, 0.4) is 0 Å². The van der Waals surface area contributed by atoms with Crippen molar-refractivity contribution < 1.29 is 27.9 Å². The molecule has 17 nitrogen and oxygen atoms in total. The zero-order valence-electron chi connectivity index (χ0n) is 35.1. The number of nitrogens with zero attached hydrogens (tertiary/aromatic N) is 10. The summed E-state index contributed by atoms with van der Waals surface area (Å²) in [5.41, 5.74) is 1.93. The average molecular weight is 865 g/mol. The molecule has 10 rings (SSSR count). The van der Waals surface area contributed by atoms with Crippen molar-refractivity contribution in [2.75, 3.05) is 75.8 Å². The number of hydrogen-bond acceptors (Lipinski definition) is 11. The lowest BCUT2D eigenvalue weighted by Gasteiger charge is -2.47. The molecule has 0 bridgehead atoms. The fourth-order valence-electron chi connectivity index (χ4n) is 10.2. The Labute approximate surface area is 361 Å². The fraction of sp³-hybridized carbons (Fsp3) is 0.523. The number of anilines is 2. The zero-order chi connectivity index (χ0) is 43.4. The summed E-state index contributed by atoms with van der Waals surface area (Å²) in [5, 5.41) is 13.6. The molecule has 1 atom stereocenters. The highest BCUT2D eigenvalue weighted by atomic mass is 19.3. The van der Waals surface area contributed by atoms with E-state index in [9.17, 15) is 28.0 Å². The van der Waals surface area contributed by atoms with Crippen molar-refractivity contribution in [2.45, 2.75) is 63.5 Å². The van der Waals surface area contributed by atoms with E-state index in [2.05, 4.69) is 47.4 Å². The summed E-state index contributed by atoms with van der Waals surface area (Å²) in [7, 11) is 1.68. The average Bonchev–Trinajstić information content (AvgIpc) is 4.07. The van der Waals surface area contributed by atoms with Crippen LogP contribution in [0.5, 0.6) is 0 Å². The molecule has 0 radical (unpaired) electrons. The molecule has 4 aromatic heterocycles. The van der Waals surface area contributed by atoms with E-state index in [-0.39, 0.29) is 47.1 Å². The van der Waals surface area contributed by atoms with Gasteiger partial charge in [0.25, 0.3) is 12.3 Å². The highest BCUT2D eigenvalue weighted by Gasteiger charge is 2.46. The number of imide groups is 1. The summed E-state index contributed by atoms with van der Waals surface area (Å²) in [5.74, 6) is 6.43. The smallest absolute Gasteiger partial charge is 0.329 e. The normalized spacial score (nSPS) is 23.0. The summed E-state index contributed by atoms with van der Waals surface area (Å²) in [6, 6.07) is 6.59. The minimum Gasteiger partial charge on any atom is -0.381 e. The molecule has 1 aromatic carbocycles. The largest absolute Gasteiger partial charge is 0.381 e. The van der Waals surface area contributed by atoms with Crippen LogP contribution in [-0.2, 0) is 21.4 Å². The van der Waals surface area contributed by atoms with Crippen LogP contribution in [0.25, 0.3) is 16.7 Å². The Morgan fingerprint density at radius 2 is 1.84 bits per heavy atom. The minimum absolute atomic E-state index is 0.00681. The van der Waals surface area contributed by atoms with E-state index in [4.69, 9.17) is 9.72 Å². The number of benzene rings is 1. The Hall–Kier alpha value is -5.97. The van der Waals surface area contributed by atoms with Crippen LogP contribution in [0.1, 0.15) is 85.1 Å². The first-order chi connectivity index (χ1) is 30.5. The van der Waals surface area contributed by atoms with Crippen molar-refractivity contribution >= 4 is 45.9 Å². The second kappa shape index (κ2) is 16.6. The minimum atomic E-state index is -2.86. The van der Waals surface area contributed by atoms with Crippen molar-refractivity contribution in [1.29, 1.82) is 0 Å². The monoisotopic (exact) mass is 864 g/mol. The van der Waals surface area contributed by atoms with Crippen LogP contribution < -0.4 is 21.2 Å². The molecule has 8 heterocycles. The van der Waals surface area contributed by atoms with Gasteiger partial charge in [-0.3, -0.25) is 38.4 Å². The molecule has 1 unspecified atom stereocenters. The number of aromatic nitrogens is 7. The van der Waals surface area contributed by atoms with Gasteiger partial charge in [0, 0.05) is 83.7 Å². The molecule has 4 aliphatic heterocycles. The van der Waals surface area contributed by atoms with Crippen molar-refractivity contribution in [1.82, 2.24) is 48.6 Å². The molecular formula is C44H50F2N12O5. The van der Waals surface area contributed by atoms with Crippen molar-refractivity contribution in [2.24, 2.45) is 18.4 Å². The number of rotatable bonds is 9. The number of alkyl halides is 2. The van der Waals surface area contributed by atoms with Gasteiger partial charge in [0.15, 0.2) is 11.3 Å². The van der Waals surface area contributed by atoms with Crippen LogP contribution in [0.2, 0.25) is 0 Å². The van der Waals surface area contributed by atoms with Gasteiger partial charge in [0.2, 0.25) is 11.8 Å². The van der Waals surface area contributed by atoms with Gasteiger partial charge >= 0.3 is 5.69 Å². The molecule has 330 valence electrons. The Morgan fingerprint density at radius 1 is 1.05 bits per heavy atom. The first-order valence-corrected chi connectivity index (χ1v) is 21.9. The van der Waals surface area contributed by atoms with Gasteiger partial charge in [0.1, 0.15) is 17.4 Å². The molecular weight excluding hydrogens is 815 g/mol. The Bertz CT molecular complexity index is 2700. The summed E-state index contributed by atoms with van der Waals surface area (Å²) in [6.07, 6.45) is 6.82. The molecule has 2 N–H and O–H groups in total. The van der Waals surface area contributed by atoms with Gasteiger partial charge in [-0.25, -0.2) is 23.1 Å². The quantitative estimate of drug-likeness (QED) is 0.165. The maximum atomic E-state index is 14.3. The van der Waals surface area contributed by atoms with E-state index in [1.807, 2.05) is 24.3 Å². The van der Waals surface area contributed by atoms with Gasteiger partial charge < -0.3 is 19.9 Å². The van der Waals surface area contributed by atoms with Gasteiger partial charge in [-0.05, 0) is 62.6 Å². The van der Waals surface area contributed by atoms with E-state index in [1.54, 1.807) is 24.1 Å². The summed E-state index contributed by atoms with van der Waals surface area (Å²) >= 11 is 0. The highest BCUT2D eigenvalue weighted by Crippen LogP contribution is 2.40. The number of amides is 3. The van der Waals surface area contributed by atoms with E-state index in [0.29, 0.717) is 34.7 Å². The Morgan fingerprint density at radius 3 is 2.59 bits per heavy atom. The summed E-state index contributed by atoms with van der Waals surface area (Å²) in [4.78, 5) is 62.9. The zero-order valence-corrected chi connectivity index (χ0v) is 35.1. The number of fused-ring (bicyclic) bond motifs is 2. The molecule has 5 aliphatic rings. The number of carbonyl (C=O) groups is 3. The molecule has 3 amide bonds. The summed E-state index contributed by atoms with van der Waals surface area (Å²) in [6.45, 7) is 8.31. The molecule has 4 saturated heterocycles. The Balaban J connectivity index is 0.713. The van der Waals surface area contributed by atoms with Gasteiger partial charge in [0.05, 0.1) is 47.7 Å². The molecule has 1 aliphatic carbocycles. The topological polar surface area (TPSA) is 169 Å². The third-order valence-corrected chi connectivity index (χ3v) is 13.7. The lowest BCUT2D eigenvalue weighted by Crippen LogP contribution is -2.57. The van der Waals surface area contributed by atoms with Gasteiger partial charge in [-0.15, -0.1) is 0 Å². The van der Waals surface area contributed by atoms with E-state index in [0.717, 1.165) is 96.9 Å². The number of aryl methyl sites for hydroxylation is 1. The number of carbonyl (C=O) groups excluding carboxylic acids is 3. The number of imidazole rings is 1. The Kier molecular flexibility index (Phi) is 10.8. The second-order valence-corrected chi connectivity index (χ2v) is 17.8. The fourth-order valence-corrected chi connectivity index (χ4v) is 10.2. The number of nitrogens with one attached hydrogen (secondary N) is 2. The highest BCUT2D eigenvalue weighted by molar-refractivity contribution is 6.08. The predicted molar refractivity (Wildman–Crippen MR) is 228 cm³/mol. The van der Waals surface area contributed by atoms with Crippen molar-refractivity contribution in [3.63, 3.8) is 0 Å². The number of halogens is 2. The molecule has 5 fully saturated rings. The van der Waals surface area contributed by atoms with Crippen LogP contribution in [0.4, 0.5) is 20.3 Å². The van der Waals surface area contributed by atoms with Crippen LogP contribution in [-0.4, -0.2) is 127 Å². The number of ether oxygens (including phenoxy) is 1. The number of para-hydroxylation sites is 1. The number of piperidine rings is 1. The third kappa shape index (κ3) is 7.88. The lowest BCUT2D eigenvalue weighted by molar-refractivity contribution is -0.135. The molecule has 5 aromatic rings. The number of hydrogen-bond donors (Lipinski definition) is 2. The summed E-state index contributed by atoms with van der Waals surface area (Å²) < 4.78 is 40.3. The molecule has 1 spiro atoms. The van der Waals surface area contributed by atoms with Crippen LogP contribution in [0, 0.1) is 23.2 Å².